The van der Waals surface area contributed by atoms with Crippen LogP contribution in [0, 0.1) is 0 Å². The van der Waals surface area contributed by atoms with Crippen LogP contribution in [0.4, 0.5) is 18.9 Å². The third-order valence-electron chi connectivity index (χ3n) is 4.56. The summed E-state index contributed by atoms with van der Waals surface area (Å²) in [5, 5.41) is 15.2. The van der Waals surface area contributed by atoms with E-state index in [2.05, 4.69) is 30.2 Å². The molecule has 12 heteroatoms. The van der Waals surface area contributed by atoms with E-state index >= 15 is 0 Å². The van der Waals surface area contributed by atoms with E-state index in [4.69, 9.17) is 11.6 Å². The van der Waals surface area contributed by atoms with E-state index < -0.39 is 17.3 Å². The minimum absolute atomic E-state index is 0.0597. The van der Waals surface area contributed by atoms with Gasteiger partial charge in [-0.2, -0.15) is 23.0 Å². The summed E-state index contributed by atoms with van der Waals surface area (Å²) in [7, 11) is 0. The van der Waals surface area contributed by atoms with Gasteiger partial charge >= 0.3 is 6.18 Å². The molecule has 0 amide bonds. The second kappa shape index (κ2) is 7.47. The molecule has 0 saturated carbocycles. The molecule has 0 bridgehead atoms. The molecule has 1 aliphatic rings. The Hall–Kier alpha value is -2.95. The predicted molar refractivity (Wildman–Crippen MR) is 98.2 cm³/mol. The van der Waals surface area contributed by atoms with Crippen LogP contribution >= 0.6 is 11.6 Å². The standard InChI is InChI=1S/C17H15ClF3N7O/c18-15-11(22-6-5-14-26-25-13-2-1-7-27(13)14)9-24-28(16(15)29)12-4-3-10(8-23-12)17(19,20)21/h3-4,8-9,22H,1-2,5-7H2. The van der Waals surface area contributed by atoms with Crippen molar-refractivity contribution in [1.82, 2.24) is 29.5 Å². The smallest absolute Gasteiger partial charge is 0.382 e. The van der Waals surface area contributed by atoms with Gasteiger partial charge in [-0.15, -0.1) is 10.2 Å². The molecule has 0 aromatic carbocycles. The predicted octanol–water partition coefficient (Wildman–Crippen LogP) is 2.49. The molecule has 0 spiro atoms. The summed E-state index contributed by atoms with van der Waals surface area (Å²) in [5.41, 5.74) is -1.29. The van der Waals surface area contributed by atoms with Crippen molar-refractivity contribution in [2.24, 2.45) is 0 Å². The molecular weight excluding hydrogens is 411 g/mol. The number of pyridine rings is 1. The number of nitrogens with one attached hydrogen (secondary N) is 1. The fourth-order valence-electron chi connectivity index (χ4n) is 3.10. The molecule has 4 heterocycles. The van der Waals surface area contributed by atoms with Crippen LogP contribution in [0.15, 0.2) is 29.3 Å². The van der Waals surface area contributed by atoms with Crippen LogP contribution in [0.1, 0.15) is 23.6 Å². The number of hydrogen-bond acceptors (Lipinski definition) is 6. The first-order chi connectivity index (χ1) is 13.8. The lowest BCUT2D eigenvalue weighted by molar-refractivity contribution is -0.137. The van der Waals surface area contributed by atoms with Gasteiger partial charge in [0.2, 0.25) is 0 Å². The third-order valence-corrected chi connectivity index (χ3v) is 4.93. The van der Waals surface area contributed by atoms with Gasteiger partial charge in [0, 0.05) is 32.1 Å². The van der Waals surface area contributed by atoms with Crippen LogP contribution in [-0.4, -0.2) is 36.1 Å². The molecule has 4 rings (SSSR count). The normalized spacial score (nSPS) is 13.5. The van der Waals surface area contributed by atoms with Crippen molar-refractivity contribution in [1.29, 1.82) is 0 Å². The van der Waals surface area contributed by atoms with Crippen LogP contribution in [0.5, 0.6) is 0 Å². The van der Waals surface area contributed by atoms with Crippen LogP contribution in [0.3, 0.4) is 0 Å². The lowest BCUT2D eigenvalue weighted by Gasteiger charge is -2.11. The van der Waals surface area contributed by atoms with Gasteiger partial charge in [0.05, 0.1) is 17.4 Å². The molecule has 29 heavy (non-hydrogen) atoms. The second-order valence-electron chi connectivity index (χ2n) is 6.46. The van der Waals surface area contributed by atoms with Crippen LogP contribution in [0.25, 0.3) is 5.82 Å². The highest BCUT2D eigenvalue weighted by atomic mass is 35.5. The monoisotopic (exact) mass is 425 g/mol. The van der Waals surface area contributed by atoms with Gasteiger partial charge in [0.1, 0.15) is 16.7 Å². The number of nitrogens with zero attached hydrogens (tertiary/aromatic N) is 6. The first-order valence-corrected chi connectivity index (χ1v) is 9.18. The van der Waals surface area contributed by atoms with Gasteiger partial charge in [-0.05, 0) is 18.6 Å². The lowest BCUT2D eigenvalue weighted by Crippen LogP contribution is -2.24. The number of fused-ring (bicyclic) bond motifs is 1. The zero-order valence-corrected chi connectivity index (χ0v) is 15.7. The van der Waals surface area contributed by atoms with E-state index in [-0.39, 0.29) is 10.8 Å². The van der Waals surface area contributed by atoms with Gasteiger partial charge in [-0.3, -0.25) is 4.79 Å². The van der Waals surface area contributed by atoms with E-state index in [9.17, 15) is 18.0 Å². The molecule has 1 aliphatic heterocycles. The van der Waals surface area contributed by atoms with Crippen molar-refractivity contribution in [2.75, 3.05) is 11.9 Å². The number of hydrogen-bond donors (Lipinski definition) is 1. The molecule has 0 radical (unpaired) electrons. The molecule has 8 nitrogen and oxygen atoms in total. The van der Waals surface area contributed by atoms with Gasteiger partial charge in [-0.1, -0.05) is 11.6 Å². The number of aryl methyl sites for hydroxylation is 1. The maximum atomic E-state index is 12.6. The summed E-state index contributed by atoms with van der Waals surface area (Å²) in [4.78, 5) is 16.1. The Morgan fingerprint density at radius 2 is 2.03 bits per heavy atom. The highest BCUT2D eigenvalue weighted by molar-refractivity contribution is 6.32. The molecule has 0 atom stereocenters. The van der Waals surface area contributed by atoms with Gasteiger partial charge in [0.25, 0.3) is 5.56 Å². The quantitative estimate of drug-likeness (QED) is 0.675. The van der Waals surface area contributed by atoms with E-state index in [0.29, 0.717) is 24.8 Å². The fraction of sp³-hybridized carbons (Fsp3) is 0.353. The van der Waals surface area contributed by atoms with E-state index in [1.807, 2.05) is 0 Å². The molecule has 152 valence electrons. The molecule has 0 saturated heterocycles. The Kier molecular flexibility index (Phi) is 4.99. The first kappa shape index (κ1) is 19.4. The van der Waals surface area contributed by atoms with Crippen molar-refractivity contribution in [2.45, 2.75) is 32.0 Å². The Morgan fingerprint density at radius 3 is 2.76 bits per heavy atom. The van der Waals surface area contributed by atoms with Crippen LogP contribution in [0.2, 0.25) is 5.02 Å². The molecule has 0 aliphatic carbocycles. The minimum Gasteiger partial charge on any atom is -0.382 e. The van der Waals surface area contributed by atoms with Crippen molar-refractivity contribution in [3.8, 4) is 5.82 Å². The van der Waals surface area contributed by atoms with Crippen LogP contribution < -0.4 is 10.9 Å². The van der Waals surface area contributed by atoms with E-state index in [0.717, 1.165) is 47.8 Å². The Balaban J connectivity index is 1.47. The summed E-state index contributed by atoms with van der Waals surface area (Å²) in [6, 6.07) is 1.89. The highest BCUT2D eigenvalue weighted by Gasteiger charge is 2.30. The Bertz CT molecular complexity index is 1090. The third kappa shape index (κ3) is 3.82. The number of aromatic nitrogens is 6. The topological polar surface area (TPSA) is 90.5 Å². The second-order valence-corrected chi connectivity index (χ2v) is 6.83. The van der Waals surface area contributed by atoms with Crippen molar-refractivity contribution in [3.05, 3.63) is 57.1 Å². The molecule has 0 fully saturated rings. The van der Waals surface area contributed by atoms with Crippen LogP contribution in [-0.2, 0) is 25.6 Å². The Morgan fingerprint density at radius 1 is 1.21 bits per heavy atom. The number of alkyl halides is 3. The summed E-state index contributed by atoms with van der Waals surface area (Å²) in [6.07, 6.45) is 0.0220. The first-order valence-electron chi connectivity index (χ1n) is 8.81. The molecular formula is C17H15ClF3N7O. The molecule has 3 aromatic rings. The van der Waals surface area contributed by atoms with Crippen molar-refractivity contribution < 1.29 is 13.2 Å². The lowest BCUT2D eigenvalue weighted by atomic mass is 10.3. The van der Waals surface area contributed by atoms with Gasteiger partial charge in [0.15, 0.2) is 5.82 Å². The average molecular weight is 426 g/mol. The van der Waals surface area contributed by atoms with E-state index in [1.54, 1.807) is 0 Å². The number of rotatable bonds is 5. The summed E-state index contributed by atoms with van der Waals surface area (Å²) >= 11 is 6.13. The average Bonchev–Trinajstić information content (AvgIpc) is 3.29. The fourth-order valence-corrected chi connectivity index (χ4v) is 3.30. The van der Waals surface area contributed by atoms with Crippen molar-refractivity contribution >= 4 is 17.3 Å². The SMILES string of the molecule is O=c1c(Cl)c(NCCc2nnc3n2CCC3)cnn1-c1ccc(C(F)(F)F)cn1. The maximum absolute atomic E-state index is 12.6. The summed E-state index contributed by atoms with van der Waals surface area (Å²) < 4.78 is 40.9. The zero-order valence-electron chi connectivity index (χ0n) is 14.9. The highest BCUT2D eigenvalue weighted by Crippen LogP contribution is 2.28. The largest absolute Gasteiger partial charge is 0.417 e. The molecule has 3 aromatic heterocycles. The van der Waals surface area contributed by atoms with Gasteiger partial charge in [-0.25, -0.2) is 4.98 Å². The van der Waals surface area contributed by atoms with Gasteiger partial charge < -0.3 is 9.88 Å². The number of halogens is 4. The molecule has 0 unspecified atom stereocenters. The zero-order chi connectivity index (χ0) is 20.6. The summed E-state index contributed by atoms with van der Waals surface area (Å²) in [6.45, 7) is 1.36. The minimum atomic E-state index is -4.51. The van der Waals surface area contributed by atoms with Crippen molar-refractivity contribution in [3.63, 3.8) is 0 Å². The molecule has 1 N–H and O–H groups in total. The van der Waals surface area contributed by atoms with E-state index in [1.165, 1.54) is 6.20 Å². The summed E-state index contributed by atoms with van der Waals surface area (Å²) in [5.74, 6) is 1.78. The Labute approximate surface area is 167 Å². The maximum Gasteiger partial charge on any atom is 0.417 e. The number of anilines is 1.